The number of nitrogens with two attached hydrogens (primary N) is 2. The molecule has 216 valence electrons. The van der Waals surface area contributed by atoms with Crippen molar-refractivity contribution < 1.29 is 33.0 Å². The summed E-state index contributed by atoms with van der Waals surface area (Å²) >= 11 is 0. The Morgan fingerprint density at radius 3 is 2.10 bits per heavy atom. The van der Waals surface area contributed by atoms with E-state index in [2.05, 4.69) is 5.32 Å². The summed E-state index contributed by atoms with van der Waals surface area (Å²) in [6, 6.07) is 21.2. The molecule has 11 nitrogen and oxygen atoms in total. The van der Waals surface area contributed by atoms with Gasteiger partial charge in [-0.1, -0.05) is 60.7 Å². The molecule has 0 unspecified atom stereocenters. The first-order valence-electron chi connectivity index (χ1n) is 12.6. The van der Waals surface area contributed by atoms with Crippen molar-refractivity contribution in [3.63, 3.8) is 0 Å². The Kier molecular flexibility index (Phi) is 8.41. The van der Waals surface area contributed by atoms with Crippen molar-refractivity contribution in [1.82, 2.24) is 5.32 Å². The van der Waals surface area contributed by atoms with E-state index in [0.717, 1.165) is 5.39 Å². The molecule has 0 spiro atoms. The van der Waals surface area contributed by atoms with Gasteiger partial charge in [0.25, 0.3) is 5.91 Å². The molecule has 0 aliphatic heterocycles. The summed E-state index contributed by atoms with van der Waals surface area (Å²) in [7, 11) is -4.67. The molecule has 4 rings (SSSR count). The first-order valence-corrected chi connectivity index (χ1v) is 14.1. The number of amidine groups is 1. The second-order valence-electron chi connectivity index (χ2n) is 9.77. The van der Waals surface area contributed by atoms with Crippen molar-refractivity contribution >= 4 is 44.3 Å². The Hall–Kier alpha value is -5.07. The van der Waals surface area contributed by atoms with Crippen LogP contribution in [0.5, 0.6) is 0 Å². The summed E-state index contributed by atoms with van der Waals surface area (Å²) in [6.45, 7) is 0. The van der Waals surface area contributed by atoms with Crippen molar-refractivity contribution in [1.29, 1.82) is 5.41 Å². The molecule has 2 atom stereocenters. The summed E-state index contributed by atoms with van der Waals surface area (Å²) in [5.74, 6) is -4.25. The number of carbonyl (C=O) groups excluding carboxylic acids is 1. The third-order valence-corrected chi connectivity index (χ3v) is 8.98. The number of nitrogens with one attached hydrogen (secondary N) is 2. The van der Waals surface area contributed by atoms with Gasteiger partial charge < -0.3 is 27.0 Å². The number of hydrogen-bond donors (Lipinski definition) is 6. The summed E-state index contributed by atoms with van der Waals surface area (Å²) in [6.07, 6.45) is -0.913. The molecule has 0 aliphatic rings. The number of amides is 1. The Labute approximate surface area is 241 Å². The summed E-state index contributed by atoms with van der Waals surface area (Å²) in [5, 5.41) is 30.5. The Morgan fingerprint density at radius 1 is 0.833 bits per heavy atom. The van der Waals surface area contributed by atoms with Crippen LogP contribution in [0.3, 0.4) is 0 Å². The van der Waals surface area contributed by atoms with Gasteiger partial charge in [0.1, 0.15) is 11.9 Å². The molecule has 4 aromatic rings. The van der Waals surface area contributed by atoms with E-state index in [1.165, 1.54) is 60.7 Å². The SMILES string of the molecule is N=C(N)c1cccc(C[C@](N)(C(=O)N[C@@H](Cc2cccc(C(=O)O)c2)C(=O)O)S(=O)(=O)c2ccc3ccccc3c2)c1. The third-order valence-electron chi connectivity index (χ3n) is 6.82. The highest BCUT2D eigenvalue weighted by atomic mass is 32.2. The molecule has 1 amide bonds. The van der Waals surface area contributed by atoms with Crippen LogP contribution in [-0.4, -0.2) is 53.2 Å². The average Bonchev–Trinajstić information content (AvgIpc) is 2.96. The second-order valence-corrected chi connectivity index (χ2v) is 12.0. The number of carboxylic acids is 2. The zero-order valence-electron chi connectivity index (χ0n) is 22.2. The van der Waals surface area contributed by atoms with Crippen molar-refractivity contribution in [2.75, 3.05) is 0 Å². The monoisotopic (exact) mass is 588 g/mol. The van der Waals surface area contributed by atoms with E-state index in [4.69, 9.17) is 16.9 Å². The number of benzene rings is 4. The Bertz CT molecular complexity index is 1820. The molecule has 0 radical (unpaired) electrons. The fraction of sp³-hybridized carbons (Fsp3) is 0.133. The molecule has 0 bridgehead atoms. The largest absolute Gasteiger partial charge is 0.480 e. The molecule has 8 N–H and O–H groups in total. The zero-order chi connectivity index (χ0) is 30.7. The molecule has 0 aliphatic carbocycles. The number of rotatable bonds is 11. The van der Waals surface area contributed by atoms with Crippen LogP contribution in [0.4, 0.5) is 0 Å². The number of carbonyl (C=O) groups is 3. The molecular weight excluding hydrogens is 560 g/mol. The van der Waals surface area contributed by atoms with Crippen LogP contribution < -0.4 is 16.8 Å². The number of aliphatic carboxylic acids is 1. The molecule has 0 saturated carbocycles. The van der Waals surface area contributed by atoms with Crippen molar-refractivity contribution in [3.8, 4) is 0 Å². The number of sulfone groups is 1. The van der Waals surface area contributed by atoms with E-state index >= 15 is 0 Å². The van der Waals surface area contributed by atoms with Crippen LogP contribution in [0.2, 0.25) is 0 Å². The van der Waals surface area contributed by atoms with Crippen molar-refractivity contribution in [2.45, 2.75) is 28.6 Å². The van der Waals surface area contributed by atoms with Crippen LogP contribution in [-0.2, 0) is 32.3 Å². The van der Waals surface area contributed by atoms with Crippen molar-refractivity contribution in [3.05, 3.63) is 113 Å². The lowest BCUT2D eigenvalue weighted by Gasteiger charge is -2.30. The van der Waals surface area contributed by atoms with Gasteiger partial charge >= 0.3 is 11.9 Å². The van der Waals surface area contributed by atoms with Gasteiger partial charge in [-0.25, -0.2) is 18.0 Å². The van der Waals surface area contributed by atoms with Gasteiger partial charge in [-0.05, 0) is 52.2 Å². The van der Waals surface area contributed by atoms with Crippen LogP contribution in [0.1, 0.15) is 27.0 Å². The molecule has 12 heteroatoms. The molecule has 0 heterocycles. The molecule has 0 aromatic heterocycles. The minimum Gasteiger partial charge on any atom is -0.480 e. The maximum Gasteiger partial charge on any atom is 0.335 e. The normalized spacial score (nSPS) is 13.5. The standard InChI is InChI=1S/C30H28N4O7S/c31-26(32)22-9-4-6-19(14-22)17-30(33,42(40,41)24-12-11-20-7-1-2-8-21(20)16-24)29(39)34-25(28(37)38)15-18-5-3-10-23(13-18)27(35)36/h1-14,16,25H,15,17,33H2,(H3,31,32)(H,34,39)(H,35,36)(H,37,38)/t25-,30+/m0/s1. The van der Waals surface area contributed by atoms with E-state index < -0.39 is 45.0 Å². The minimum absolute atomic E-state index is 0.0830. The highest BCUT2D eigenvalue weighted by Crippen LogP contribution is 2.29. The van der Waals surface area contributed by atoms with E-state index in [-0.39, 0.29) is 39.4 Å². The highest BCUT2D eigenvalue weighted by Gasteiger charge is 2.49. The number of aromatic carboxylic acids is 1. The molecule has 0 saturated heterocycles. The molecule has 0 fully saturated rings. The summed E-state index contributed by atoms with van der Waals surface area (Å²) in [4.78, 5) is 34.4. The maximum absolute atomic E-state index is 14.1. The smallest absolute Gasteiger partial charge is 0.335 e. The Balaban J connectivity index is 1.77. The molecule has 42 heavy (non-hydrogen) atoms. The topological polar surface area (TPSA) is 214 Å². The minimum atomic E-state index is -4.67. The van der Waals surface area contributed by atoms with Crippen molar-refractivity contribution in [2.24, 2.45) is 11.5 Å². The number of carboxylic acid groups (broad SMARTS) is 2. The van der Waals surface area contributed by atoms with Gasteiger partial charge in [0, 0.05) is 18.4 Å². The van der Waals surface area contributed by atoms with E-state index in [1.54, 1.807) is 30.3 Å². The lowest BCUT2D eigenvalue weighted by atomic mass is 10.0. The third kappa shape index (κ3) is 6.14. The number of fused-ring (bicyclic) bond motifs is 1. The lowest BCUT2D eigenvalue weighted by molar-refractivity contribution is -0.142. The van der Waals surface area contributed by atoms with Crippen LogP contribution in [0.25, 0.3) is 10.8 Å². The van der Waals surface area contributed by atoms with Gasteiger partial charge in [-0.15, -0.1) is 0 Å². The van der Waals surface area contributed by atoms with Crippen LogP contribution in [0, 0.1) is 5.41 Å². The van der Waals surface area contributed by atoms with E-state index in [0.29, 0.717) is 5.39 Å². The van der Waals surface area contributed by atoms with E-state index in [9.17, 15) is 33.0 Å². The van der Waals surface area contributed by atoms with Gasteiger partial charge in [-0.2, -0.15) is 0 Å². The lowest BCUT2D eigenvalue weighted by Crippen LogP contribution is -2.63. The Morgan fingerprint density at radius 2 is 1.45 bits per heavy atom. The zero-order valence-corrected chi connectivity index (χ0v) is 23.0. The first kappa shape index (κ1) is 29.9. The fourth-order valence-corrected chi connectivity index (χ4v) is 6.15. The van der Waals surface area contributed by atoms with Gasteiger partial charge in [0.15, 0.2) is 0 Å². The summed E-state index contributed by atoms with van der Waals surface area (Å²) in [5.41, 5.74) is 12.8. The highest BCUT2D eigenvalue weighted by molar-refractivity contribution is 7.93. The predicted molar refractivity (Wildman–Crippen MR) is 156 cm³/mol. The van der Waals surface area contributed by atoms with Gasteiger partial charge in [-0.3, -0.25) is 10.2 Å². The number of nitrogen functional groups attached to an aromatic ring is 1. The number of hydrogen-bond acceptors (Lipinski definition) is 7. The van der Waals surface area contributed by atoms with Gasteiger partial charge in [0.2, 0.25) is 14.7 Å². The van der Waals surface area contributed by atoms with Gasteiger partial charge in [0.05, 0.1) is 10.5 Å². The van der Waals surface area contributed by atoms with Crippen LogP contribution >= 0.6 is 0 Å². The second kappa shape index (κ2) is 11.8. The fourth-order valence-electron chi connectivity index (χ4n) is 4.54. The molecular formula is C30H28N4O7S. The summed E-state index contributed by atoms with van der Waals surface area (Å²) < 4.78 is 28.3. The molecule has 4 aromatic carbocycles. The quantitative estimate of drug-likeness (QED) is 0.112. The van der Waals surface area contributed by atoms with E-state index in [1.807, 2.05) is 0 Å². The van der Waals surface area contributed by atoms with Crippen LogP contribution in [0.15, 0.2) is 95.9 Å². The predicted octanol–water partition coefficient (Wildman–Crippen LogP) is 2.31. The first-order chi connectivity index (χ1) is 19.8. The maximum atomic E-state index is 14.1. The average molecular weight is 589 g/mol.